The minimum Gasteiger partial charge on any atom is -0.390 e. The lowest BCUT2D eigenvalue weighted by Crippen LogP contribution is -2.60. The number of piperidine rings is 1. The summed E-state index contributed by atoms with van der Waals surface area (Å²) in [6.45, 7) is 7.24. The van der Waals surface area contributed by atoms with Gasteiger partial charge in [0.25, 0.3) is 0 Å². The highest BCUT2D eigenvalue weighted by Crippen LogP contribution is 2.40. The largest absolute Gasteiger partial charge is 0.390 e. The molecule has 1 aliphatic carbocycles. The lowest BCUT2D eigenvalue weighted by atomic mass is 9.89. The first-order valence-corrected chi connectivity index (χ1v) is 15.6. The average molecular weight is 534 g/mol. The van der Waals surface area contributed by atoms with Crippen LogP contribution in [0.4, 0.5) is 0 Å². The molecule has 1 saturated carbocycles. The predicted molar refractivity (Wildman–Crippen MR) is 149 cm³/mol. The smallest absolute Gasteiger partial charge is 0.237 e. The monoisotopic (exact) mass is 533 g/mol. The summed E-state index contributed by atoms with van der Waals surface area (Å²) in [6, 6.07) is 9.50. The van der Waals surface area contributed by atoms with Crippen LogP contribution >= 0.6 is 23.5 Å². The molecule has 0 spiro atoms. The second-order valence-corrected chi connectivity index (χ2v) is 14.1. The van der Waals surface area contributed by atoms with E-state index in [9.17, 15) is 14.7 Å². The number of amides is 2. The zero-order valence-corrected chi connectivity index (χ0v) is 23.6. The molecule has 1 aromatic carbocycles. The van der Waals surface area contributed by atoms with Gasteiger partial charge in [0.05, 0.1) is 18.2 Å². The summed E-state index contributed by atoms with van der Waals surface area (Å²) in [6.07, 6.45) is 5.31. The van der Waals surface area contributed by atoms with Crippen LogP contribution in [0.2, 0.25) is 0 Å². The van der Waals surface area contributed by atoms with E-state index in [2.05, 4.69) is 27.7 Å². The van der Waals surface area contributed by atoms with Gasteiger partial charge in [-0.25, -0.2) is 0 Å². The maximum Gasteiger partial charge on any atom is 0.237 e. The van der Waals surface area contributed by atoms with Crippen molar-refractivity contribution in [1.82, 2.24) is 15.5 Å². The zero-order chi connectivity index (χ0) is 25.7. The molecular weight excluding hydrogens is 490 g/mol. The number of carbonyl (C=O) groups excluding carboxylic acids is 2. The molecule has 5 atom stereocenters. The quantitative estimate of drug-likeness (QED) is 0.418. The summed E-state index contributed by atoms with van der Waals surface area (Å²) in [4.78, 5) is 29.7. The first-order chi connectivity index (χ1) is 17.2. The molecule has 200 valence electrons. The third-order valence-electron chi connectivity index (χ3n) is 7.62. The Balaban J connectivity index is 1.46. The summed E-state index contributed by atoms with van der Waals surface area (Å²) < 4.78 is 0. The molecular formula is C28H43N3O3S2. The predicted octanol–water partition coefficient (Wildman–Crippen LogP) is 3.93. The van der Waals surface area contributed by atoms with Crippen LogP contribution in [-0.4, -0.2) is 75.4 Å². The van der Waals surface area contributed by atoms with Crippen molar-refractivity contribution in [1.29, 1.82) is 0 Å². The number of thioether (sulfide) groups is 2. The van der Waals surface area contributed by atoms with Crippen molar-refractivity contribution in [3.05, 3.63) is 30.3 Å². The number of hydrogen-bond donors (Lipinski definition) is 3. The highest BCUT2D eigenvalue weighted by molar-refractivity contribution is 8.00. The number of rotatable bonds is 9. The van der Waals surface area contributed by atoms with E-state index in [1.165, 1.54) is 6.42 Å². The summed E-state index contributed by atoms with van der Waals surface area (Å²) >= 11 is 3.65. The Morgan fingerprint density at radius 1 is 1.14 bits per heavy atom. The molecule has 3 N–H and O–H groups in total. The summed E-state index contributed by atoms with van der Waals surface area (Å²) in [5.74, 6) is 2.47. The van der Waals surface area contributed by atoms with E-state index >= 15 is 0 Å². The molecule has 0 aromatic heterocycles. The van der Waals surface area contributed by atoms with Gasteiger partial charge in [0.15, 0.2) is 0 Å². The number of β-amino-alcohol motifs (C(OH)–C–C–N with tert-alkyl or cyclic N) is 1. The molecule has 2 heterocycles. The lowest BCUT2D eigenvalue weighted by molar-refractivity contribution is -0.131. The van der Waals surface area contributed by atoms with Gasteiger partial charge >= 0.3 is 0 Å². The highest BCUT2D eigenvalue weighted by atomic mass is 32.2. The van der Waals surface area contributed by atoms with Crippen LogP contribution in [0.3, 0.4) is 0 Å². The van der Waals surface area contributed by atoms with Crippen molar-refractivity contribution in [3.8, 4) is 0 Å². The lowest BCUT2D eigenvalue weighted by Gasteiger charge is -2.43. The molecule has 6 nitrogen and oxygen atoms in total. The molecule has 4 rings (SSSR count). The first-order valence-electron chi connectivity index (χ1n) is 13.5. The van der Waals surface area contributed by atoms with Gasteiger partial charge in [-0.15, -0.1) is 11.8 Å². The molecule has 5 unspecified atom stereocenters. The summed E-state index contributed by atoms with van der Waals surface area (Å²) in [5, 5.41) is 18.4. The van der Waals surface area contributed by atoms with E-state index in [0.717, 1.165) is 49.3 Å². The van der Waals surface area contributed by atoms with Gasteiger partial charge in [-0.2, -0.15) is 11.8 Å². The van der Waals surface area contributed by atoms with Crippen LogP contribution in [0.25, 0.3) is 0 Å². The fourth-order valence-corrected chi connectivity index (χ4v) is 8.28. The van der Waals surface area contributed by atoms with Crippen LogP contribution in [0.1, 0.15) is 59.3 Å². The molecule has 8 heteroatoms. The van der Waals surface area contributed by atoms with Gasteiger partial charge in [0.1, 0.15) is 0 Å². The number of carbonyl (C=O) groups is 2. The minimum atomic E-state index is -0.748. The fraction of sp³-hybridized carbons (Fsp3) is 0.714. The summed E-state index contributed by atoms with van der Waals surface area (Å²) in [7, 11) is 0. The van der Waals surface area contributed by atoms with Gasteiger partial charge in [-0.05, 0) is 70.3 Å². The second kappa shape index (κ2) is 12.5. The van der Waals surface area contributed by atoms with E-state index in [1.807, 2.05) is 50.7 Å². The fourth-order valence-electron chi connectivity index (χ4n) is 5.69. The molecule has 2 saturated heterocycles. The van der Waals surface area contributed by atoms with Crippen molar-refractivity contribution in [3.63, 3.8) is 0 Å². The highest BCUT2D eigenvalue weighted by Gasteiger charge is 2.43. The van der Waals surface area contributed by atoms with Crippen LogP contribution in [-0.2, 0) is 9.59 Å². The maximum atomic E-state index is 13.3. The van der Waals surface area contributed by atoms with Crippen molar-refractivity contribution >= 4 is 35.3 Å². The molecule has 2 aliphatic heterocycles. The second-order valence-electron chi connectivity index (χ2n) is 11.7. The molecule has 1 aromatic rings. The Bertz CT molecular complexity index is 873. The van der Waals surface area contributed by atoms with E-state index < -0.39 is 6.10 Å². The van der Waals surface area contributed by atoms with E-state index in [1.54, 1.807) is 11.8 Å². The molecule has 0 bridgehead atoms. The molecule has 3 aliphatic rings. The van der Waals surface area contributed by atoms with E-state index in [4.69, 9.17) is 0 Å². The standard InChI is InChI=1S/C28H43N3O3S2/c1-28(2,3)30-27(34)23-15-25-20(13-14-35-25)16-31(23)17-24(32)22(18-36-21-11-5-4-6-12-21)29-26(33)19-9-7-8-10-19/h4-6,11-12,19-20,22-25,32H,7-10,13-18H2,1-3H3,(H,29,33)(H,30,34). The van der Waals surface area contributed by atoms with E-state index in [-0.39, 0.29) is 35.4 Å². The molecule has 0 radical (unpaired) electrons. The van der Waals surface area contributed by atoms with Crippen molar-refractivity contribution < 1.29 is 14.7 Å². The van der Waals surface area contributed by atoms with Crippen molar-refractivity contribution in [2.45, 2.75) is 93.2 Å². The number of fused-ring (bicyclic) bond motifs is 1. The third kappa shape index (κ3) is 7.65. The van der Waals surface area contributed by atoms with Gasteiger partial charge in [-0.1, -0.05) is 31.0 Å². The number of aliphatic hydroxyl groups excluding tert-OH is 1. The molecule has 36 heavy (non-hydrogen) atoms. The Kier molecular flexibility index (Phi) is 9.69. The normalized spacial score (nSPS) is 26.8. The number of benzene rings is 1. The summed E-state index contributed by atoms with van der Waals surface area (Å²) in [5.41, 5.74) is -0.300. The third-order valence-corrected chi connectivity index (χ3v) is 10.2. The Labute approximate surface area is 225 Å². The molecule has 2 amide bonds. The van der Waals surface area contributed by atoms with Crippen LogP contribution in [0.5, 0.6) is 0 Å². The van der Waals surface area contributed by atoms with Crippen molar-refractivity contribution in [2.24, 2.45) is 11.8 Å². The Hall–Kier alpha value is -1.22. The van der Waals surface area contributed by atoms with Crippen LogP contribution < -0.4 is 10.6 Å². The Morgan fingerprint density at radius 2 is 1.86 bits per heavy atom. The SMILES string of the molecule is CC(C)(C)NC(=O)C1CC2SCCC2CN1CC(O)C(CSc1ccccc1)NC(=O)C1CCCC1. The average Bonchev–Trinajstić information content (AvgIpc) is 3.52. The first kappa shape index (κ1) is 27.8. The number of aliphatic hydroxyl groups is 1. The number of likely N-dealkylation sites (tertiary alicyclic amines) is 1. The van der Waals surface area contributed by atoms with E-state index in [0.29, 0.717) is 23.5 Å². The zero-order valence-electron chi connectivity index (χ0n) is 21.9. The van der Waals surface area contributed by atoms with Gasteiger partial charge in [-0.3, -0.25) is 14.5 Å². The van der Waals surface area contributed by atoms with Gasteiger partial charge in [0, 0.05) is 40.4 Å². The maximum absolute atomic E-state index is 13.3. The number of hydrogen-bond acceptors (Lipinski definition) is 6. The van der Waals surface area contributed by atoms with Crippen LogP contribution in [0.15, 0.2) is 35.2 Å². The number of nitrogens with zero attached hydrogens (tertiary/aromatic N) is 1. The molecule has 3 fully saturated rings. The number of nitrogens with one attached hydrogen (secondary N) is 2. The Morgan fingerprint density at radius 3 is 2.56 bits per heavy atom. The van der Waals surface area contributed by atoms with Gasteiger partial charge in [0.2, 0.25) is 11.8 Å². The van der Waals surface area contributed by atoms with Crippen molar-refractivity contribution in [2.75, 3.05) is 24.6 Å². The minimum absolute atomic E-state index is 0.0471. The van der Waals surface area contributed by atoms with Crippen LogP contribution in [0, 0.1) is 11.8 Å². The topological polar surface area (TPSA) is 81.7 Å². The van der Waals surface area contributed by atoms with Gasteiger partial charge < -0.3 is 15.7 Å².